The largest absolute Gasteiger partial charge is 0.497 e. The summed E-state index contributed by atoms with van der Waals surface area (Å²) in [7, 11) is 1.63. The topological polar surface area (TPSA) is 58.6 Å². The van der Waals surface area contributed by atoms with E-state index in [1.807, 2.05) is 48.5 Å². The monoisotopic (exact) mass is 418 g/mol. The quantitative estimate of drug-likeness (QED) is 0.749. The molecule has 1 aliphatic heterocycles. The van der Waals surface area contributed by atoms with Gasteiger partial charge in [-0.15, -0.1) is 0 Å². The van der Waals surface area contributed by atoms with Crippen molar-refractivity contribution >= 4 is 17.5 Å². The Kier molecular flexibility index (Phi) is 5.20. The number of methoxy groups -OCH3 is 1. The van der Waals surface area contributed by atoms with Gasteiger partial charge in [-0.1, -0.05) is 43.9 Å². The molecule has 31 heavy (non-hydrogen) atoms. The minimum absolute atomic E-state index is 0.0185. The molecule has 162 valence electrons. The van der Waals surface area contributed by atoms with Gasteiger partial charge in [0.05, 0.1) is 18.6 Å². The van der Waals surface area contributed by atoms with Crippen LogP contribution in [0.4, 0.5) is 5.69 Å². The van der Waals surface area contributed by atoms with E-state index in [4.69, 9.17) is 4.74 Å². The first-order valence-corrected chi connectivity index (χ1v) is 11.5. The molecule has 2 aliphatic carbocycles. The van der Waals surface area contributed by atoms with Crippen molar-refractivity contribution in [2.45, 2.75) is 68.9 Å². The fraction of sp³-hybridized carbons (Fsp3) is 0.462. The smallest absolute Gasteiger partial charge is 0.254 e. The van der Waals surface area contributed by atoms with E-state index < -0.39 is 5.54 Å². The first kappa shape index (κ1) is 20.1. The van der Waals surface area contributed by atoms with Crippen LogP contribution in [-0.2, 0) is 4.79 Å². The third kappa shape index (κ3) is 3.31. The SMILES string of the molecule is COc1ccc(NC(=O)C2c3ccccc3C(=O)N(C3CCCC3)C23CCCC3)cc1. The minimum atomic E-state index is -0.420. The van der Waals surface area contributed by atoms with Crippen molar-refractivity contribution in [2.24, 2.45) is 0 Å². The zero-order chi connectivity index (χ0) is 21.4. The number of hydrogen-bond donors (Lipinski definition) is 1. The van der Waals surface area contributed by atoms with Gasteiger partial charge in [0.2, 0.25) is 5.91 Å². The molecule has 5 nitrogen and oxygen atoms in total. The van der Waals surface area contributed by atoms with Crippen molar-refractivity contribution in [3.05, 3.63) is 59.7 Å². The number of carbonyl (C=O) groups is 2. The average molecular weight is 419 g/mol. The molecule has 1 spiro atoms. The summed E-state index contributed by atoms with van der Waals surface area (Å²) in [6, 6.07) is 15.4. The number of amides is 2. The van der Waals surface area contributed by atoms with Gasteiger partial charge in [0.1, 0.15) is 5.75 Å². The van der Waals surface area contributed by atoms with E-state index in [9.17, 15) is 9.59 Å². The Morgan fingerprint density at radius 2 is 1.68 bits per heavy atom. The molecule has 1 N–H and O–H groups in total. The number of benzene rings is 2. The van der Waals surface area contributed by atoms with E-state index in [0.717, 1.165) is 68.4 Å². The molecule has 1 unspecified atom stereocenters. The van der Waals surface area contributed by atoms with Gasteiger partial charge in [0.25, 0.3) is 5.91 Å². The Balaban J connectivity index is 1.57. The molecule has 2 saturated carbocycles. The van der Waals surface area contributed by atoms with Crippen molar-refractivity contribution in [1.29, 1.82) is 0 Å². The maximum Gasteiger partial charge on any atom is 0.254 e. The van der Waals surface area contributed by atoms with E-state index in [-0.39, 0.29) is 23.8 Å². The zero-order valence-electron chi connectivity index (χ0n) is 18.1. The second kappa shape index (κ2) is 8.03. The Bertz CT molecular complexity index is 972. The molecular formula is C26H30N2O3. The molecular weight excluding hydrogens is 388 g/mol. The van der Waals surface area contributed by atoms with E-state index in [0.29, 0.717) is 5.56 Å². The van der Waals surface area contributed by atoms with Crippen molar-refractivity contribution in [3.8, 4) is 5.75 Å². The lowest BCUT2D eigenvalue weighted by Gasteiger charge is -2.52. The Morgan fingerprint density at radius 1 is 1.00 bits per heavy atom. The molecule has 0 saturated heterocycles. The summed E-state index contributed by atoms with van der Waals surface area (Å²) in [5.74, 6) is 0.505. The summed E-state index contributed by atoms with van der Waals surface area (Å²) in [6.07, 6.45) is 8.32. The molecule has 0 radical (unpaired) electrons. The molecule has 5 rings (SSSR count). The number of carbonyl (C=O) groups excluding carboxylic acids is 2. The summed E-state index contributed by atoms with van der Waals surface area (Å²) in [5.41, 5.74) is 1.91. The lowest BCUT2D eigenvalue weighted by molar-refractivity contribution is -0.121. The lowest BCUT2D eigenvalue weighted by Crippen LogP contribution is -2.62. The number of hydrogen-bond acceptors (Lipinski definition) is 3. The van der Waals surface area contributed by atoms with Crippen molar-refractivity contribution in [2.75, 3.05) is 12.4 Å². The van der Waals surface area contributed by atoms with Gasteiger partial charge in [-0.2, -0.15) is 0 Å². The number of ether oxygens (including phenoxy) is 1. The van der Waals surface area contributed by atoms with Crippen LogP contribution >= 0.6 is 0 Å². The molecule has 0 aromatic heterocycles. The predicted molar refractivity (Wildman–Crippen MR) is 120 cm³/mol. The van der Waals surface area contributed by atoms with Crippen LogP contribution in [0.3, 0.4) is 0 Å². The molecule has 2 aromatic carbocycles. The van der Waals surface area contributed by atoms with Gasteiger partial charge in [0.15, 0.2) is 0 Å². The number of fused-ring (bicyclic) bond motifs is 1. The normalized spacial score (nSPS) is 22.5. The highest BCUT2D eigenvalue weighted by Gasteiger charge is 2.57. The van der Waals surface area contributed by atoms with Crippen LogP contribution in [0.25, 0.3) is 0 Å². The molecule has 2 fully saturated rings. The van der Waals surface area contributed by atoms with Crippen LogP contribution in [0.1, 0.15) is 73.2 Å². The maximum atomic E-state index is 13.8. The number of nitrogens with one attached hydrogen (secondary N) is 1. The van der Waals surface area contributed by atoms with Gasteiger partial charge < -0.3 is 15.0 Å². The van der Waals surface area contributed by atoms with E-state index >= 15 is 0 Å². The van der Waals surface area contributed by atoms with Crippen LogP contribution in [0.2, 0.25) is 0 Å². The van der Waals surface area contributed by atoms with Crippen LogP contribution < -0.4 is 10.1 Å². The highest BCUT2D eigenvalue weighted by molar-refractivity contribution is 6.05. The Labute approximate surface area is 183 Å². The molecule has 5 heteroatoms. The van der Waals surface area contributed by atoms with Crippen molar-refractivity contribution in [1.82, 2.24) is 4.90 Å². The second-order valence-corrected chi connectivity index (χ2v) is 9.16. The summed E-state index contributed by atoms with van der Waals surface area (Å²) in [6.45, 7) is 0. The first-order chi connectivity index (χ1) is 15.1. The number of nitrogens with zero attached hydrogens (tertiary/aromatic N) is 1. The van der Waals surface area contributed by atoms with Crippen LogP contribution in [0.5, 0.6) is 5.75 Å². The average Bonchev–Trinajstić information content (AvgIpc) is 3.48. The van der Waals surface area contributed by atoms with Gasteiger partial charge in [-0.25, -0.2) is 0 Å². The molecule has 2 amide bonds. The van der Waals surface area contributed by atoms with E-state index in [1.165, 1.54) is 0 Å². The molecule has 0 bridgehead atoms. The van der Waals surface area contributed by atoms with Gasteiger partial charge >= 0.3 is 0 Å². The lowest BCUT2D eigenvalue weighted by atomic mass is 9.70. The summed E-state index contributed by atoms with van der Waals surface area (Å²) >= 11 is 0. The predicted octanol–water partition coefficient (Wildman–Crippen LogP) is 5.13. The standard InChI is InChI=1S/C26H30N2O3/c1-31-20-14-12-18(13-15-20)27-24(29)23-21-10-4-5-11-22(21)25(30)28(19-8-2-3-9-19)26(23)16-6-7-17-26/h4-5,10-15,19,23H,2-3,6-9,16-17H2,1H3,(H,27,29). The first-order valence-electron chi connectivity index (χ1n) is 11.5. The van der Waals surface area contributed by atoms with Crippen LogP contribution in [0, 0.1) is 0 Å². The molecule has 2 aromatic rings. The molecule has 1 heterocycles. The van der Waals surface area contributed by atoms with Gasteiger partial charge in [-0.05, 0) is 61.6 Å². The van der Waals surface area contributed by atoms with Gasteiger partial charge in [0, 0.05) is 17.3 Å². The second-order valence-electron chi connectivity index (χ2n) is 9.16. The van der Waals surface area contributed by atoms with Crippen LogP contribution in [-0.4, -0.2) is 35.4 Å². The summed E-state index contributed by atoms with van der Waals surface area (Å²) in [4.78, 5) is 29.7. The molecule has 3 aliphatic rings. The fourth-order valence-corrected chi connectivity index (χ4v) is 6.19. The summed E-state index contributed by atoms with van der Waals surface area (Å²) < 4.78 is 5.24. The van der Waals surface area contributed by atoms with Crippen molar-refractivity contribution < 1.29 is 14.3 Å². The maximum absolute atomic E-state index is 13.8. The summed E-state index contributed by atoms with van der Waals surface area (Å²) in [5, 5.41) is 3.15. The highest BCUT2D eigenvalue weighted by atomic mass is 16.5. The number of rotatable bonds is 4. The fourth-order valence-electron chi connectivity index (χ4n) is 6.19. The number of anilines is 1. The Hall–Kier alpha value is -2.82. The van der Waals surface area contributed by atoms with E-state index in [2.05, 4.69) is 10.2 Å². The Morgan fingerprint density at radius 3 is 2.35 bits per heavy atom. The minimum Gasteiger partial charge on any atom is -0.497 e. The third-order valence-electron chi connectivity index (χ3n) is 7.52. The van der Waals surface area contributed by atoms with Crippen molar-refractivity contribution in [3.63, 3.8) is 0 Å². The zero-order valence-corrected chi connectivity index (χ0v) is 18.1. The highest BCUT2D eigenvalue weighted by Crippen LogP contribution is 2.52. The molecule has 1 atom stereocenters. The van der Waals surface area contributed by atoms with E-state index in [1.54, 1.807) is 7.11 Å². The van der Waals surface area contributed by atoms with Crippen LogP contribution in [0.15, 0.2) is 48.5 Å². The van der Waals surface area contributed by atoms with Gasteiger partial charge in [-0.3, -0.25) is 9.59 Å². The third-order valence-corrected chi connectivity index (χ3v) is 7.52.